The van der Waals surface area contributed by atoms with Crippen molar-refractivity contribution in [3.05, 3.63) is 0 Å². The van der Waals surface area contributed by atoms with E-state index in [2.05, 4.69) is 10.6 Å². The highest BCUT2D eigenvalue weighted by Gasteiger charge is 2.30. The van der Waals surface area contributed by atoms with Crippen LogP contribution in [0.5, 0.6) is 0 Å². The summed E-state index contributed by atoms with van der Waals surface area (Å²) < 4.78 is 5.28. The maximum Gasteiger partial charge on any atom is 0.410 e. The summed E-state index contributed by atoms with van der Waals surface area (Å²) in [6, 6.07) is 0.0263. The van der Waals surface area contributed by atoms with Gasteiger partial charge in [-0.25, -0.2) is 4.79 Å². The molecule has 1 aliphatic rings. The van der Waals surface area contributed by atoms with Gasteiger partial charge in [0, 0.05) is 19.1 Å². The summed E-state index contributed by atoms with van der Waals surface area (Å²) in [7, 11) is 1.72. The monoisotopic (exact) mass is 257 g/mol. The van der Waals surface area contributed by atoms with Crippen molar-refractivity contribution >= 4 is 12.0 Å². The van der Waals surface area contributed by atoms with E-state index in [-0.39, 0.29) is 18.0 Å². The zero-order chi connectivity index (χ0) is 13.8. The Labute approximate surface area is 108 Å². The maximum atomic E-state index is 11.8. The summed E-state index contributed by atoms with van der Waals surface area (Å²) in [6.45, 7) is 6.96. The Morgan fingerprint density at radius 3 is 2.61 bits per heavy atom. The molecule has 1 fully saturated rings. The minimum atomic E-state index is -0.482. The zero-order valence-electron chi connectivity index (χ0n) is 11.6. The van der Waals surface area contributed by atoms with E-state index in [0.29, 0.717) is 19.6 Å². The first-order chi connectivity index (χ1) is 8.31. The molecular weight excluding hydrogens is 234 g/mol. The van der Waals surface area contributed by atoms with E-state index in [9.17, 15) is 9.59 Å². The van der Waals surface area contributed by atoms with E-state index in [1.165, 1.54) is 0 Å². The van der Waals surface area contributed by atoms with Gasteiger partial charge in [-0.15, -0.1) is 0 Å². The fourth-order valence-corrected chi connectivity index (χ4v) is 1.81. The number of hydrogen-bond acceptors (Lipinski definition) is 4. The molecule has 0 spiro atoms. The summed E-state index contributed by atoms with van der Waals surface area (Å²) in [5.74, 6) is -0.0476. The molecule has 18 heavy (non-hydrogen) atoms. The topological polar surface area (TPSA) is 70.7 Å². The fraction of sp³-hybridized carbons (Fsp3) is 0.833. The molecule has 0 saturated carbocycles. The first-order valence-corrected chi connectivity index (χ1v) is 6.23. The third-order valence-corrected chi connectivity index (χ3v) is 2.54. The van der Waals surface area contributed by atoms with Crippen LogP contribution in [0.3, 0.4) is 0 Å². The predicted octanol–water partition coefficient (Wildman–Crippen LogP) is 0.331. The molecule has 1 aliphatic heterocycles. The molecule has 0 aromatic heterocycles. The lowest BCUT2D eigenvalue weighted by Gasteiger charge is -2.24. The van der Waals surface area contributed by atoms with Crippen molar-refractivity contribution in [1.82, 2.24) is 15.5 Å². The Bertz CT molecular complexity index is 312. The van der Waals surface area contributed by atoms with Crippen LogP contribution in [0, 0.1) is 0 Å². The zero-order valence-corrected chi connectivity index (χ0v) is 11.6. The smallest absolute Gasteiger partial charge is 0.410 e. The van der Waals surface area contributed by atoms with Gasteiger partial charge in [-0.2, -0.15) is 0 Å². The van der Waals surface area contributed by atoms with E-state index in [1.807, 2.05) is 20.8 Å². The molecule has 104 valence electrons. The second kappa shape index (κ2) is 6.04. The second-order valence-electron chi connectivity index (χ2n) is 5.51. The third-order valence-electron chi connectivity index (χ3n) is 2.54. The maximum absolute atomic E-state index is 11.8. The van der Waals surface area contributed by atoms with Crippen molar-refractivity contribution in [3.8, 4) is 0 Å². The summed E-state index contributed by atoms with van der Waals surface area (Å²) in [5.41, 5.74) is -0.482. The van der Waals surface area contributed by atoms with E-state index in [1.54, 1.807) is 11.9 Å². The molecule has 1 saturated heterocycles. The number of amides is 2. The Balaban J connectivity index is 2.37. The summed E-state index contributed by atoms with van der Waals surface area (Å²) in [5, 5.41) is 5.67. The molecular formula is C12H23N3O3. The van der Waals surface area contributed by atoms with Crippen LogP contribution in [0.1, 0.15) is 27.2 Å². The summed E-state index contributed by atoms with van der Waals surface area (Å²) in [6.07, 6.45) is 0.460. The van der Waals surface area contributed by atoms with Gasteiger partial charge >= 0.3 is 6.09 Å². The molecule has 6 nitrogen and oxygen atoms in total. The SMILES string of the molecule is CNCC(=O)N[C@H]1CCN(C(=O)OC(C)(C)C)C1. The Morgan fingerprint density at radius 1 is 1.39 bits per heavy atom. The van der Waals surface area contributed by atoms with Gasteiger partial charge < -0.3 is 20.3 Å². The molecule has 0 aromatic rings. The van der Waals surface area contributed by atoms with Crippen LogP contribution < -0.4 is 10.6 Å². The molecule has 0 aliphatic carbocycles. The number of carbonyl (C=O) groups excluding carboxylic acids is 2. The first kappa shape index (κ1) is 14.8. The minimum Gasteiger partial charge on any atom is -0.444 e. The average molecular weight is 257 g/mol. The average Bonchev–Trinajstić information content (AvgIpc) is 2.63. The van der Waals surface area contributed by atoms with Gasteiger partial charge in [-0.1, -0.05) is 0 Å². The molecule has 6 heteroatoms. The van der Waals surface area contributed by atoms with Crippen molar-refractivity contribution in [2.24, 2.45) is 0 Å². The van der Waals surface area contributed by atoms with Crippen LogP contribution in [0.2, 0.25) is 0 Å². The standard InChI is InChI=1S/C12H23N3O3/c1-12(2,3)18-11(17)15-6-5-9(8-15)14-10(16)7-13-4/h9,13H,5-8H2,1-4H3,(H,14,16)/t9-/m0/s1. The molecule has 0 unspecified atom stereocenters. The fourth-order valence-electron chi connectivity index (χ4n) is 1.81. The van der Waals surface area contributed by atoms with Crippen LogP contribution in [0.15, 0.2) is 0 Å². The third kappa shape index (κ3) is 4.91. The second-order valence-corrected chi connectivity index (χ2v) is 5.51. The van der Waals surface area contributed by atoms with Crippen LogP contribution >= 0.6 is 0 Å². The number of ether oxygens (including phenoxy) is 1. The summed E-state index contributed by atoms with van der Waals surface area (Å²) >= 11 is 0. The number of carbonyl (C=O) groups is 2. The number of rotatable bonds is 3. The highest BCUT2D eigenvalue weighted by atomic mass is 16.6. The number of likely N-dealkylation sites (N-methyl/N-ethyl adjacent to an activating group) is 1. The van der Waals surface area contributed by atoms with Crippen molar-refractivity contribution in [3.63, 3.8) is 0 Å². The number of nitrogens with zero attached hydrogens (tertiary/aromatic N) is 1. The molecule has 2 N–H and O–H groups in total. The van der Waals surface area contributed by atoms with Crippen LogP contribution in [-0.4, -0.2) is 55.2 Å². The molecule has 1 atom stereocenters. The van der Waals surface area contributed by atoms with E-state index in [0.717, 1.165) is 6.42 Å². The molecule has 1 heterocycles. The molecule has 0 aromatic carbocycles. The van der Waals surface area contributed by atoms with Gasteiger partial charge in [0.1, 0.15) is 5.60 Å². The first-order valence-electron chi connectivity index (χ1n) is 6.23. The van der Waals surface area contributed by atoms with E-state index >= 15 is 0 Å². The number of likely N-dealkylation sites (tertiary alicyclic amines) is 1. The Hall–Kier alpha value is -1.30. The van der Waals surface area contributed by atoms with E-state index in [4.69, 9.17) is 4.74 Å². The van der Waals surface area contributed by atoms with E-state index < -0.39 is 5.60 Å². The lowest BCUT2D eigenvalue weighted by Crippen LogP contribution is -2.42. The van der Waals surface area contributed by atoms with Gasteiger partial charge in [-0.05, 0) is 34.2 Å². The van der Waals surface area contributed by atoms with Gasteiger partial charge in [0.15, 0.2) is 0 Å². The largest absolute Gasteiger partial charge is 0.444 e. The van der Waals surface area contributed by atoms with Gasteiger partial charge in [-0.3, -0.25) is 4.79 Å². The van der Waals surface area contributed by atoms with Crippen molar-refractivity contribution in [2.45, 2.75) is 38.8 Å². The van der Waals surface area contributed by atoms with Crippen LogP contribution in [0.4, 0.5) is 4.79 Å². The van der Waals surface area contributed by atoms with Gasteiger partial charge in [0.2, 0.25) is 5.91 Å². The van der Waals surface area contributed by atoms with Crippen LogP contribution in [0.25, 0.3) is 0 Å². The number of nitrogens with one attached hydrogen (secondary N) is 2. The minimum absolute atomic E-state index is 0.0263. The normalized spacial score (nSPS) is 19.8. The van der Waals surface area contributed by atoms with Crippen molar-refractivity contribution in [2.75, 3.05) is 26.7 Å². The van der Waals surface area contributed by atoms with Crippen molar-refractivity contribution in [1.29, 1.82) is 0 Å². The Kier molecular flexibility index (Phi) is 4.95. The van der Waals surface area contributed by atoms with Crippen LogP contribution in [-0.2, 0) is 9.53 Å². The predicted molar refractivity (Wildman–Crippen MR) is 68.3 cm³/mol. The molecule has 2 amide bonds. The number of hydrogen-bond donors (Lipinski definition) is 2. The van der Waals surface area contributed by atoms with Gasteiger partial charge in [0.05, 0.1) is 6.54 Å². The summed E-state index contributed by atoms with van der Waals surface area (Å²) in [4.78, 5) is 24.8. The quantitative estimate of drug-likeness (QED) is 0.764. The molecule has 0 radical (unpaired) electrons. The molecule has 0 bridgehead atoms. The van der Waals surface area contributed by atoms with Crippen molar-refractivity contribution < 1.29 is 14.3 Å². The lowest BCUT2D eigenvalue weighted by atomic mass is 10.2. The lowest BCUT2D eigenvalue weighted by molar-refractivity contribution is -0.120. The molecule has 1 rings (SSSR count). The highest BCUT2D eigenvalue weighted by molar-refractivity contribution is 5.78. The highest BCUT2D eigenvalue weighted by Crippen LogP contribution is 2.15. The van der Waals surface area contributed by atoms with Gasteiger partial charge in [0.25, 0.3) is 0 Å². The Morgan fingerprint density at radius 2 is 2.06 bits per heavy atom.